The van der Waals surface area contributed by atoms with Crippen LogP contribution in [0.1, 0.15) is 20.1 Å². The second-order valence-electron chi connectivity index (χ2n) is 4.54. The third kappa shape index (κ3) is 4.05. The number of carbonyl (C=O) groups excluding carboxylic acids is 1. The van der Waals surface area contributed by atoms with Crippen molar-refractivity contribution in [1.29, 1.82) is 0 Å². The summed E-state index contributed by atoms with van der Waals surface area (Å²) in [4.78, 5) is 15.3. The number of nitrogens with zero attached hydrogens (tertiary/aromatic N) is 1. The fraction of sp³-hybridized carbons (Fsp3) is 0.214. The van der Waals surface area contributed by atoms with Gasteiger partial charge >= 0.3 is 0 Å². The minimum Gasteiger partial charge on any atom is -0.297 e. The third-order valence-corrected chi connectivity index (χ3v) is 4.09. The van der Waals surface area contributed by atoms with E-state index < -0.39 is 0 Å². The summed E-state index contributed by atoms with van der Waals surface area (Å²) in [7, 11) is 2.03. The standard InChI is InChI=1S/C14H16ClN3OS/c1-18(8-10-3-2-4-11(15)7-10)9-12-5-6-13(20-12)14(19)17-16/h2-7H,8-9,16H2,1H3,(H,17,19). The summed E-state index contributed by atoms with van der Waals surface area (Å²) >= 11 is 7.42. The first-order chi connectivity index (χ1) is 9.58. The summed E-state index contributed by atoms with van der Waals surface area (Å²) in [6.07, 6.45) is 0. The minimum atomic E-state index is -0.251. The predicted octanol–water partition coefficient (Wildman–Crippen LogP) is 2.64. The van der Waals surface area contributed by atoms with Crippen LogP contribution in [0, 0.1) is 0 Å². The zero-order valence-electron chi connectivity index (χ0n) is 11.1. The molecule has 1 amide bonds. The molecule has 2 rings (SSSR count). The first-order valence-corrected chi connectivity index (χ1v) is 7.30. The highest BCUT2D eigenvalue weighted by molar-refractivity contribution is 7.14. The lowest BCUT2D eigenvalue weighted by Gasteiger charge is -2.15. The van der Waals surface area contributed by atoms with Gasteiger partial charge in [-0.3, -0.25) is 15.1 Å². The van der Waals surface area contributed by atoms with Crippen LogP contribution in [0.5, 0.6) is 0 Å². The van der Waals surface area contributed by atoms with Gasteiger partial charge in [0.05, 0.1) is 4.88 Å². The van der Waals surface area contributed by atoms with E-state index in [0.717, 1.165) is 28.6 Å². The second-order valence-corrected chi connectivity index (χ2v) is 6.15. The molecule has 1 heterocycles. The molecule has 0 fully saturated rings. The molecule has 0 spiro atoms. The number of amides is 1. The Bertz CT molecular complexity index is 600. The Morgan fingerprint density at radius 3 is 2.85 bits per heavy atom. The van der Waals surface area contributed by atoms with Gasteiger partial charge in [0.15, 0.2) is 0 Å². The van der Waals surface area contributed by atoms with Gasteiger partial charge < -0.3 is 0 Å². The molecule has 20 heavy (non-hydrogen) atoms. The number of benzene rings is 1. The Labute approximate surface area is 127 Å². The van der Waals surface area contributed by atoms with E-state index in [9.17, 15) is 4.79 Å². The molecular weight excluding hydrogens is 294 g/mol. The number of hydrogen-bond acceptors (Lipinski definition) is 4. The molecule has 0 aliphatic carbocycles. The molecule has 2 aromatic rings. The molecule has 1 aromatic carbocycles. The zero-order chi connectivity index (χ0) is 14.5. The van der Waals surface area contributed by atoms with Crippen molar-refractivity contribution >= 4 is 28.8 Å². The van der Waals surface area contributed by atoms with Crippen molar-refractivity contribution in [3.05, 3.63) is 56.7 Å². The number of thiophene rings is 1. The molecule has 0 bridgehead atoms. The monoisotopic (exact) mass is 309 g/mol. The van der Waals surface area contributed by atoms with Crippen LogP contribution in [0.25, 0.3) is 0 Å². The summed E-state index contributed by atoms with van der Waals surface area (Å²) in [6, 6.07) is 11.5. The number of halogens is 1. The van der Waals surface area contributed by atoms with E-state index in [4.69, 9.17) is 17.4 Å². The topological polar surface area (TPSA) is 58.4 Å². The maximum Gasteiger partial charge on any atom is 0.275 e. The van der Waals surface area contributed by atoms with Gasteiger partial charge in [-0.05, 0) is 36.9 Å². The molecule has 0 saturated carbocycles. The lowest BCUT2D eigenvalue weighted by Crippen LogP contribution is -2.29. The van der Waals surface area contributed by atoms with Crippen molar-refractivity contribution in [2.24, 2.45) is 5.84 Å². The van der Waals surface area contributed by atoms with Crippen LogP contribution in [0.2, 0.25) is 5.02 Å². The highest BCUT2D eigenvalue weighted by Crippen LogP contribution is 2.19. The SMILES string of the molecule is CN(Cc1cccc(Cl)c1)Cc1ccc(C(=O)NN)s1. The van der Waals surface area contributed by atoms with E-state index in [-0.39, 0.29) is 5.91 Å². The number of nitrogen functional groups attached to an aromatic ring is 1. The van der Waals surface area contributed by atoms with Crippen molar-refractivity contribution < 1.29 is 4.79 Å². The van der Waals surface area contributed by atoms with Crippen LogP contribution < -0.4 is 11.3 Å². The highest BCUT2D eigenvalue weighted by atomic mass is 35.5. The van der Waals surface area contributed by atoms with E-state index in [1.165, 1.54) is 11.3 Å². The molecule has 106 valence electrons. The predicted molar refractivity (Wildman–Crippen MR) is 82.6 cm³/mol. The Morgan fingerprint density at radius 2 is 2.15 bits per heavy atom. The van der Waals surface area contributed by atoms with Crippen LogP contribution in [-0.2, 0) is 13.1 Å². The lowest BCUT2D eigenvalue weighted by molar-refractivity contribution is 0.0957. The summed E-state index contributed by atoms with van der Waals surface area (Å²) in [5, 5.41) is 0.744. The molecule has 0 atom stereocenters. The maximum atomic E-state index is 11.4. The van der Waals surface area contributed by atoms with Crippen LogP contribution in [-0.4, -0.2) is 17.9 Å². The average Bonchev–Trinajstić information content (AvgIpc) is 2.86. The van der Waals surface area contributed by atoms with Gasteiger partial charge in [0.2, 0.25) is 0 Å². The van der Waals surface area contributed by atoms with Gasteiger partial charge in [0.25, 0.3) is 5.91 Å². The van der Waals surface area contributed by atoms with Crippen molar-refractivity contribution in [2.45, 2.75) is 13.1 Å². The van der Waals surface area contributed by atoms with Gasteiger partial charge in [-0.15, -0.1) is 11.3 Å². The summed E-state index contributed by atoms with van der Waals surface area (Å²) in [6.45, 7) is 1.58. The number of rotatable bonds is 5. The van der Waals surface area contributed by atoms with Gasteiger partial charge in [-0.2, -0.15) is 0 Å². The molecular formula is C14H16ClN3OS. The average molecular weight is 310 g/mol. The highest BCUT2D eigenvalue weighted by Gasteiger charge is 2.09. The fourth-order valence-corrected chi connectivity index (χ4v) is 3.13. The molecule has 6 heteroatoms. The third-order valence-electron chi connectivity index (χ3n) is 2.78. The molecule has 0 unspecified atom stereocenters. The zero-order valence-corrected chi connectivity index (χ0v) is 12.7. The van der Waals surface area contributed by atoms with Crippen LogP contribution in [0.3, 0.4) is 0 Å². The van der Waals surface area contributed by atoms with Crippen molar-refractivity contribution in [2.75, 3.05) is 7.05 Å². The van der Waals surface area contributed by atoms with E-state index >= 15 is 0 Å². The normalized spacial score (nSPS) is 10.8. The van der Waals surface area contributed by atoms with Crippen LogP contribution >= 0.6 is 22.9 Å². The Kier molecular flexibility index (Phi) is 5.14. The Morgan fingerprint density at radius 1 is 1.35 bits per heavy atom. The van der Waals surface area contributed by atoms with Crippen molar-refractivity contribution in [3.63, 3.8) is 0 Å². The Balaban J connectivity index is 1.96. The fourth-order valence-electron chi connectivity index (χ4n) is 1.92. The quantitative estimate of drug-likeness (QED) is 0.507. The van der Waals surface area contributed by atoms with Crippen molar-refractivity contribution in [3.8, 4) is 0 Å². The van der Waals surface area contributed by atoms with Crippen molar-refractivity contribution in [1.82, 2.24) is 10.3 Å². The number of nitrogens with two attached hydrogens (primary N) is 1. The Hall–Kier alpha value is -1.40. The van der Waals surface area contributed by atoms with E-state index in [1.54, 1.807) is 6.07 Å². The van der Waals surface area contributed by atoms with E-state index in [1.807, 2.05) is 37.4 Å². The number of nitrogens with one attached hydrogen (secondary N) is 1. The summed E-state index contributed by atoms with van der Waals surface area (Å²) < 4.78 is 0. The smallest absolute Gasteiger partial charge is 0.275 e. The minimum absolute atomic E-state index is 0.251. The first-order valence-electron chi connectivity index (χ1n) is 6.11. The first kappa shape index (κ1) is 15.0. The summed E-state index contributed by atoms with van der Waals surface area (Å²) in [5.41, 5.74) is 3.30. The number of hydrogen-bond donors (Lipinski definition) is 2. The second kappa shape index (κ2) is 6.85. The van der Waals surface area contributed by atoms with Crippen LogP contribution in [0.4, 0.5) is 0 Å². The molecule has 4 nitrogen and oxygen atoms in total. The van der Waals surface area contributed by atoms with Gasteiger partial charge in [0.1, 0.15) is 0 Å². The summed E-state index contributed by atoms with van der Waals surface area (Å²) in [5.74, 6) is 4.86. The molecule has 0 aliphatic rings. The van der Waals surface area contributed by atoms with Gasteiger partial charge in [-0.25, -0.2) is 5.84 Å². The molecule has 1 aromatic heterocycles. The largest absolute Gasteiger partial charge is 0.297 e. The van der Waals surface area contributed by atoms with Gasteiger partial charge in [0, 0.05) is 23.0 Å². The maximum absolute atomic E-state index is 11.4. The molecule has 3 N–H and O–H groups in total. The molecule has 0 aliphatic heterocycles. The molecule has 0 radical (unpaired) electrons. The van der Waals surface area contributed by atoms with E-state index in [0.29, 0.717) is 4.88 Å². The number of hydrazine groups is 1. The van der Waals surface area contributed by atoms with E-state index in [2.05, 4.69) is 10.3 Å². The van der Waals surface area contributed by atoms with Crippen LogP contribution in [0.15, 0.2) is 36.4 Å². The molecule has 0 saturated heterocycles. The lowest BCUT2D eigenvalue weighted by atomic mass is 10.2. The number of carbonyl (C=O) groups is 1. The van der Waals surface area contributed by atoms with Gasteiger partial charge in [-0.1, -0.05) is 23.7 Å².